The standard InChI is InChI=1S/C22H28N2O4S/c1-3-15(2)21(23)22(25)28-20-13-18(9-10-19(20)16-11-12-24-14-16)29(26,27)17-7-5-4-6-8-17/h4-10,13,15-16,21,24H,3,11-12,14,23H2,1-2H3/t15-,16-,21-/m1/s1. The van der Waals surface area contributed by atoms with Crippen LogP contribution in [0.15, 0.2) is 58.3 Å². The number of hydrogen-bond donors (Lipinski definition) is 2. The van der Waals surface area contributed by atoms with Crippen molar-refractivity contribution in [3.05, 3.63) is 54.1 Å². The molecule has 3 atom stereocenters. The maximum atomic E-state index is 13.0. The molecule has 0 bridgehead atoms. The fraction of sp³-hybridized carbons (Fsp3) is 0.409. The largest absolute Gasteiger partial charge is 0.425 e. The lowest BCUT2D eigenvalue weighted by molar-refractivity contribution is -0.137. The Morgan fingerprint density at radius 2 is 1.93 bits per heavy atom. The molecule has 1 aliphatic heterocycles. The van der Waals surface area contributed by atoms with E-state index in [2.05, 4.69) is 5.32 Å². The van der Waals surface area contributed by atoms with Crippen molar-refractivity contribution in [3.8, 4) is 5.75 Å². The van der Waals surface area contributed by atoms with Crippen LogP contribution in [-0.4, -0.2) is 33.5 Å². The highest BCUT2D eigenvalue weighted by Crippen LogP contribution is 2.34. The summed E-state index contributed by atoms with van der Waals surface area (Å²) in [6.45, 7) is 5.48. The van der Waals surface area contributed by atoms with Crippen molar-refractivity contribution in [1.29, 1.82) is 0 Å². The summed E-state index contributed by atoms with van der Waals surface area (Å²) in [5.41, 5.74) is 6.86. The minimum Gasteiger partial charge on any atom is -0.425 e. The van der Waals surface area contributed by atoms with Crippen molar-refractivity contribution in [3.63, 3.8) is 0 Å². The van der Waals surface area contributed by atoms with Crippen LogP contribution in [0.2, 0.25) is 0 Å². The lowest BCUT2D eigenvalue weighted by Crippen LogP contribution is -2.39. The Bertz CT molecular complexity index is 954. The van der Waals surface area contributed by atoms with Crippen molar-refractivity contribution in [2.24, 2.45) is 11.7 Å². The number of hydrogen-bond acceptors (Lipinski definition) is 6. The molecule has 156 valence electrons. The van der Waals surface area contributed by atoms with Crippen LogP contribution in [0.1, 0.15) is 38.2 Å². The Morgan fingerprint density at radius 3 is 2.55 bits per heavy atom. The van der Waals surface area contributed by atoms with E-state index in [0.29, 0.717) is 0 Å². The summed E-state index contributed by atoms with van der Waals surface area (Å²) in [4.78, 5) is 12.9. The van der Waals surface area contributed by atoms with Crippen molar-refractivity contribution in [2.75, 3.05) is 13.1 Å². The van der Waals surface area contributed by atoms with Gasteiger partial charge in [-0.3, -0.25) is 0 Å². The van der Waals surface area contributed by atoms with Crippen LogP contribution in [-0.2, 0) is 14.6 Å². The first-order valence-corrected chi connectivity index (χ1v) is 11.4. The number of nitrogens with two attached hydrogens (primary N) is 1. The molecular formula is C22H28N2O4S. The molecule has 1 fully saturated rings. The molecule has 0 radical (unpaired) electrons. The monoisotopic (exact) mass is 416 g/mol. The molecule has 1 heterocycles. The van der Waals surface area contributed by atoms with E-state index in [9.17, 15) is 13.2 Å². The van der Waals surface area contributed by atoms with E-state index in [4.69, 9.17) is 10.5 Å². The van der Waals surface area contributed by atoms with E-state index in [-0.39, 0.29) is 27.4 Å². The van der Waals surface area contributed by atoms with Crippen LogP contribution in [0.5, 0.6) is 5.75 Å². The summed E-state index contributed by atoms with van der Waals surface area (Å²) in [5, 5.41) is 3.29. The maximum absolute atomic E-state index is 13.0. The van der Waals surface area contributed by atoms with Gasteiger partial charge in [-0.15, -0.1) is 0 Å². The van der Waals surface area contributed by atoms with Crippen molar-refractivity contribution >= 4 is 15.8 Å². The van der Waals surface area contributed by atoms with Gasteiger partial charge in [-0.25, -0.2) is 13.2 Å². The molecule has 29 heavy (non-hydrogen) atoms. The molecule has 2 aromatic rings. The molecule has 3 N–H and O–H groups in total. The predicted molar refractivity (Wildman–Crippen MR) is 112 cm³/mol. The first kappa shape index (κ1) is 21.5. The zero-order valence-electron chi connectivity index (χ0n) is 16.8. The summed E-state index contributed by atoms with van der Waals surface area (Å²) in [5.74, 6) is -0.137. The number of carbonyl (C=O) groups is 1. The molecule has 0 saturated carbocycles. The average Bonchev–Trinajstić information content (AvgIpc) is 3.27. The number of sulfone groups is 1. The minimum absolute atomic E-state index is 0.0321. The van der Waals surface area contributed by atoms with Crippen LogP contribution in [0.4, 0.5) is 0 Å². The SMILES string of the molecule is CC[C@@H](C)[C@@H](N)C(=O)Oc1cc(S(=O)(=O)c2ccccc2)ccc1[C@@H]1CCNC1. The van der Waals surface area contributed by atoms with Crippen LogP contribution in [0.25, 0.3) is 0 Å². The second-order valence-electron chi connectivity index (χ2n) is 7.54. The van der Waals surface area contributed by atoms with Crippen molar-refractivity contribution in [1.82, 2.24) is 5.32 Å². The zero-order valence-corrected chi connectivity index (χ0v) is 17.6. The number of nitrogens with one attached hydrogen (secondary N) is 1. The van der Waals surface area contributed by atoms with Gasteiger partial charge in [0.2, 0.25) is 9.84 Å². The predicted octanol–water partition coefficient (Wildman–Crippen LogP) is 2.88. The first-order valence-electron chi connectivity index (χ1n) is 9.96. The number of esters is 1. The molecular weight excluding hydrogens is 388 g/mol. The summed E-state index contributed by atoms with van der Waals surface area (Å²) in [7, 11) is -3.72. The molecule has 2 aromatic carbocycles. The van der Waals surface area contributed by atoms with E-state index in [1.807, 2.05) is 13.8 Å². The Labute approximate surface area is 172 Å². The highest BCUT2D eigenvalue weighted by Gasteiger charge is 2.27. The molecule has 6 nitrogen and oxygen atoms in total. The fourth-order valence-electron chi connectivity index (χ4n) is 3.43. The van der Waals surface area contributed by atoms with Gasteiger partial charge in [0.05, 0.1) is 9.79 Å². The highest BCUT2D eigenvalue weighted by molar-refractivity contribution is 7.91. The van der Waals surface area contributed by atoms with Crippen molar-refractivity contribution in [2.45, 2.75) is 48.4 Å². The number of benzene rings is 2. The fourth-order valence-corrected chi connectivity index (χ4v) is 4.72. The topological polar surface area (TPSA) is 98.5 Å². The molecule has 0 amide bonds. The lowest BCUT2D eigenvalue weighted by Gasteiger charge is -2.20. The summed E-state index contributed by atoms with van der Waals surface area (Å²) >= 11 is 0. The molecule has 7 heteroatoms. The third-order valence-electron chi connectivity index (χ3n) is 5.59. The van der Waals surface area contributed by atoms with Gasteiger partial charge in [0, 0.05) is 18.5 Å². The van der Waals surface area contributed by atoms with E-state index in [1.54, 1.807) is 42.5 Å². The van der Waals surface area contributed by atoms with Gasteiger partial charge in [0.25, 0.3) is 0 Å². The molecule has 0 aliphatic carbocycles. The van der Waals surface area contributed by atoms with Gasteiger partial charge in [0.15, 0.2) is 0 Å². The average molecular weight is 417 g/mol. The Hall–Kier alpha value is -2.22. The van der Waals surface area contributed by atoms with Crippen LogP contribution in [0, 0.1) is 5.92 Å². The molecule has 0 unspecified atom stereocenters. The van der Waals surface area contributed by atoms with Crippen LogP contribution >= 0.6 is 0 Å². The molecule has 0 aromatic heterocycles. The molecule has 1 aliphatic rings. The van der Waals surface area contributed by atoms with Crippen molar-refractivity contribution < 1.29 is 17.9 Å². The molecule has 0 spiro atoms. The van der Waals surface area contributed by atoms with E-state index in [1.165, 1.54) is 6.07 Å². The third-order valence-corrected chi connectivity index (χ3v) is 7.36. The quantitative estimate of drug-likeness (QED) is 0.532. The normalized spacial score (nSPS) is 18.9. The van der Waals surface area contributed by atoms with Gasteiger partial charge in [-0.1, -0.05) is 44.5 Å². The van der Waals surface area contributed by atoms with Gasteiger partial charge >= 0.3 is 5.97 Å². The second-order valence-corrected chi connectivity index (χ2v) is 9.49. The van der Waals surface area contributed by atoms with Gasteiger partial charge in [-0.05, 0) is 42.6 Å². The maximum Gasteiger partial charge on any atom is 0.328 e. The van der Waals surface area contributed by atoms with E-state index < -0.39 is 21.8 Å². The summed E-state index contributed by atoms with van der Waals surface area (Å²) in [6.07, 6.45) is 1.64. The summed E-state index contributed by atoms with van der Waals surface area (Å²) in [6, 6.07) is 12.3. The van der Waals surface area contributed by atoms with Gasteiger partial charge < -0.3 is 15.8 Å². The molecule has 3 rings (SSSR count). The zero-order chi connectivity index (χ0) is 21.0. The Balaban J connectivity index is 1.99. The molecule has 1 saturated heterocycles. The number of ether oxygens (including phenoxy) is 1. The van der Waals surface area contributed by atoms with E-state index >= 15 is 0 Å². The van der Waals surface area contributed by atoms with Crippen LogP contribution < -0.4 is 15.8 Å². The smallest absolute Gasteiger partial charge is 0.328 e. The van der Waals surface area contributed by atoms with Gasteiger partial charge in [0.1, 0.15) is 11.8 Å². The number of rotatable bonds is 7. The number of carbonyl (C=O) groups excluding carboxylic acids is 1. The summed E-state index contributed by atoms with van der Waals surface area (Å²) < 4.78 is 31.7. The Morgan fingerprint density at radius 1 is 1.21 bits per heavy atom. The van der Waals surface area contributed by atoms with Gasteiger partial charge in [-0.2, -0.15) is 0 Å². The Kier molecular flexibility index (Phi) is 6.72. The lowest BCUT2D eigenvalue weighted by atomic mass is 9.97. The second kappa shape index (κ2) is 9.07. The first-order chi connectivity index (χ1) is 13.8. The van der Waals surface area contributed by atoms with E-state index in [0.717, 1.165) is 31.5 Å². The minimum atomic E-state index is -3.72. The highest BCUT2D eigenvalue weighted by atomic mass is 32.2. The van der Waals surface area contributed by atoms with Crippen LogP contribution in [0.3, 0.4) is 0 Å². The third kappa shape index (κ3) is 4.69.